The minimum atomic E-state index is -0.0713. The fourth-order valence-electron chi connectivity index (χ4n) is 3.23. The lowest BCUT2D eigenvalue weighted by Gasteiger charge is -2.12. The van der Waals surface area contributed by atoms with Gasteiger partial charge in [-0.15, -0.1) is 10.2 Å². The van der Waals surface area contributed by atoms with E-state index in [0.717, 1.165) is 39.3 Å². The van der Waals surface area contributed by atoms with Crippen LogP contribution in [0, 0.1) is 13.8 Å². The van der Waals surface area contributed by atoms with E-state index in [-0.39, 0.29) is 11.7 Å². The molecule has 1 aromatic heterocycles. The Morgan fingerprint density at radius 2 is 1.81 bits per heavy atom. The highest BCUT2D eigenvalue weighted by Crippen LogP contribution is 2.26. The predicted octanol–water partition coefficient (Wildman–Crippen LogP) is 5.55. The normalized spacial score (nSPS) is 10.9. The van der Waals surface area contributed by atoms with E-state index < -0.39 is 0 Å². The Hall–Kier alpha value is -2.32. The molecule has 0 saturated carbocycles. The largest absolute Gasteiger partial charge is 0.486 e. The number of nitrogens with zero attached hydrogens (tertiary/aromatic N) is 3. The van der Waals surface area contributed by atoms with Gasteiger partial charge in [-0.05, 0) is 68.1 Å². The highest BCUT2D eigenvalue weighted by atomic mass is 79.9. The summed E-state index contributed by atoms with van der Waals surface area (Å²) < 4.78 is 8.85. The van der Waals surface area contributed by atoms with Crippen molar-refractivity contribution in [3.8, 4) is 5.75 Å². The first-order chi connectivity index (χ1) is 14.9. The second kappa shape index (κ2) is 10.8. The molecule has 6 nitrogen and oxygen atoms in total. The molecule has 164 valence electrons. The number of amides is 1. The molecule has 0 aliphatic rings. The molecule has 31 heavy (non-hydrogen) atoms. The lowest BCUT2D eigenvalue weighted by atomic mass is 10.1. The zero-order valence-electron chi connectivity index (χ0n) is 18.2. The molecule has 1 heterocycles. The molecule has 0 bridgehead atoms. The van der Waals surface area contributed by atoms with Gasteiger partial charge in [0, 0.05) is 16.7 Å². The maximum absolute atomic E-state index is 12.5. The van der Waals surface area contributed by atoms with Crippen LogP contribution in [0.5, 0.6) is 5.75 Å². The number of carbonyl (C=O) groups excluding carboxylic acids is 1. The third-order valence-corrected chi connectivity index (χ3v) is 6.33. The summed E-state index contributed by atoms with van der Waals surface area (Å²) in [6.07, 6.45) is 1.000. The van der Waals surface area contributed by atoms with E-state index in [9.17, 15) is 4.79 Å². The number of aromatic nitrogens is 3. The van der Waals surface area contributed by atoms with E-state index in [1.54, 1.807) is 0 Å². The number of thioether (sulfide) groups is 1. The number of hydrogen-bond acceptors (Lipinski definition) is 5. The summed E-state index contributed by atoms with van der Waals surface area (Å²) in [5, 5.41) is 12.3. The summed E-state index contributed by atoms with van der Waals surface area (Å²) in [5.41, 5.74) is 4.17. The van der Waals surface area contributed by atoms with Gasteiger partial charge in [0.25, 0.3) is 0 Å². The maximum atomic E-state index is 12.5. The number of halogens is 1. The van der Waals surface area contributed by atoms with E-state index in [4.69, 9.17) is 4.74 Å². The Morgan fingerprint density at radius 1 is 1.13 bits per heavy atom. The van der Waals surface area contributed by atoms with Crippen LogP contribution in [0.1, 0.15) is 36.4 Å². The van der Waals surface area contributed by atoms with Gasteiger partial charge in [-0.25, -0.2) is 0 Å². The minimum absolute atomic E-state index is 0.0713. The smallest absolute Gasteiger partial charge is 0.234 e. The summed E-state index contributed by atoms with van der Waals surface area (Å²) in [7, 11) is 0. The van der Waals surface area contributed by atoms with Crippen molar-refractivity contribution in [2.75, 3.05) is 11.1 Å². The van der Waals surface area contributed by atoms with Crippen LogP contribution in [0.15, 0.2) is 46.0 Å². The molecule has 0 fully saturated rings. The molecule has 0 aliphatic carbocycles. The number of ether oxygens (including phenoxy) is 1. The topological polar surface area (TPSA) is 69.0 Å². The summed E-state index contributed by atoms with van der Waals surface area (Å²) in [5.74, 6) is 1.73. The van der Waals surface area contributed by atoms with Gasteiger partial charge in [-0.2, -0.15) is 0 Å². The SMILES string of the molecule is CCc1ccc(OCc2nnc(SCC(=O)Nc3c(C)cc(Br)cc3C)n2CC)cc1. The molecule has 0 radical (unpaired) electrons. The van der Waals surface area contributed by atoms with Gasteiger partial charge in [-0.3, -0.25) is 4.79 Å². The van der Waals surface area contributed by atoms with Crippen molar-refractivity contribution in [3.05, 3.63) is 63.4 Å². The standard InChI is InChI=1S/C23H27BrN4O2S/c1-5-17-7-9-19(10-8-17)30-13-20-26-27-23(28(20)6-2)31-14-21(29)25-22-15(3)11-18(24)12-16(22)4/h7-12H,5-6,13-14H2,1-4H3,(H,25,29). The summed E-state index contributed by atoms with van der Waals surface area (Å²) in [6, 6.07) is 12.1. The van der Waals surface area contributed by atoms with Gasteiger partial charge in [0.1, 0.15) is 12.4 Å². The minimum Gasteiger partial charge on any atom is -0.486 e. The number of carbonyl (C=O) groups is 1. The second-order valence-corrected chi connectivity index (χ2v) is 9.04. The van der Waals surface area contributed by atoms with Crippen LogP contribution >= 0.6 is 27.7 Å². The summed E-state index contributed by atoms with van der Waals surface area (Å²) in [6.45, 7) is 9.15. The van der Waals surface area contributed by atoms with Gasteiger partial charge in [0.2, 0.25) is 5.91 Å². The number of rotatable bonds is 9. The molecule has 1 N–H and O–H groups in total. The van der Waals surface area contributed by atoms with Gasteiger partial charge in [0.15, 0.2) is 11.0 Å². The van der Waals surface area contributed by atoms with Crippen LogP contribution in [-0.2, 0) is 24.4 Å². The van der Waals surface area contributed by atoms with Crippen LogP contribution in [0.2, 0.25) is 0 Å². The first-order valence-corrected chi connectivity index (χ1v) is 12.0. The molecular weight excluding hydrogens is 476 g/mol. The van der Waals surface area contributed by atoms with Gasteiger partial charge >= 0.3 is 0 Å². The Bertz CT molecular complexity index is 1030. The molecule has 3 aromatic rings. The fraction of sp³-hybridized carbons (Fsp3) is 0.348. The molecule has 0 atom stereocenters. The maximum Gasteiger partial charge on any atom is 0.234 e. The van der Waals surface area contributed by atoms with Crippen molar-refractivity contribution < 1.29 is 9.53 Å². The third kappa shape index (κ3) is 6.11. The molecule has 8 heteroatoms. The van der Waals surface area contributed by atoms with Gasteiger partial charge in [-0.1, -0.05) is 46.7 Å². The highest BCUT2D eigenvalue weighted by Gasteiger charge is 2.15. The molecule has 3 rings (SSSR count). The lowest BCUT2D eigenvalue weighted by molar-refractivity contribution is -0.113. The predicted molar refractivity (Wildman–Crippen MR) is 129 cm³/mol. The molecule has 0 aliphatic heterocycles. The molecule has 1 amide bonds. The number of anilines is 1. The van der Waals surface area contributed by atoms with Crippen LogP contribution in [0.4, 0.5) is 5.69 Å². The first kappa shape index (κ1) is 23.3. The van der Waals surface area contributed by atoms with Crippen LogP contribution in [0.3, 0.4) is 0 Å². The van der Waals surface area contributed by atoms with Gasteiger partial charge in [0.05, 0.1) is 5.75 Å². The van der Waals surface area contributed by atoms with Crippen LogP contribution in [0.25, 0.3) is 0 Å². The quantitative estimate of drug-likeness (QED) is 0.388. The molecular formula is C23H27BrN4O2S. The second-order valence-electron chi connectivity index (χ2n) is 7.18. The van der Waals surface area contributed by atoms with Crippen molar-refractivity contribution in [1.82, 2.24) is 14.8 Å². The lowest BCUT2D eigenvalue weighted by Crippen LogP contribution is -2.16. The van der Waals surface area contributed by atoms with E-state index >= 15 is 0 Å². The Morgan fingerprint density at radius 3 is 2.42 bits per heavy atom. The van der Waals surface area contributed by atoms with Crippen molar-refractivity contribution in [2.24, 2.45) is 0 Å². The summed E-state index contributed by atoms with van der Waals surface area (Å²) >= 11 is 4.86. The third-order valence-electron chi connectivity index (χ3n) is 4.90. The van der Waals surface area contributed by atoms with Crippen molar-refractivity contribution in [3.63, 3.8) is 0 Å². The Balaban J connectivity index is 1.59. The monoisotopic (exact) mass is 502 g/mol. The average molecular weight is 503 g/mol. The van der Waals surface area contributed by atoms with E-state index in [2.05, 4.69) is 50.5 Å². The first-order valence-electron chi connectivity index (χ1n) is 10.2. The number of nitrogens with one attached hydrogen (secondary N) is 1. The molecule has 0 spiro atoms. The van der Waals surface area contributed by atoms with E-state index in [1.165, 1.54) is 17.3 Å². The zero-order chi connectivity index (χ0) is 22.4. The molecule has 0 unspecified atom stereocenters. The Kier molecular flexibility index (Phi) is 8.15. The number of aryl methyl sites for hydroxylation is 3. The van der Waals surface area contributed by atoms with Crippen molar-refractivity contribution in [1.29, 1.82) is 0 Å². The van der Waals surface area contributed by atoms with Gasteiger partial charge < -0.3 is 14.6 Å². The highest BCUT2D eigenvalue weighted by molar-refractivity contribution is 9.10. The zero-order valence-corrected chi connectivity index (χ0v) is 20.6. The fourth-order valence-corrected chi connectivity index (χ4v) is 4.74. The molecule has 2 aromatic carbocycles. The number of hydrogen-bond donors (Lipinski definition) is 1. The Labute approximate surface area is 195 Å². The van der Waals surface area contributed by atoms with Crippen molar-refractivity contribution >= 4 is 39.3 Å². The average Bonchev–Trinajstić information content (AvgIpc) is 3.15. The molecule has 0 saturated heterocycles. The van der Waals surface area contributed by atoms with Crippen LogP contribution in [-0.4, -0.2) is 26.4 Å². The summed E-state index contributed by atoms with van der Waals surface area (Å²) in [4.78, 5) is 12.5. The number of benzene rings is 2. The van der Waals surface area contributed by atoms with E-state index in [0.29, 0.717) is 18.3 Å². The van der Waals surface area contributed by atoms with E-state index in [1.807, 2.05) is 49.6 Å². The van der Waals surface area contributed by atoms with Crippen LogP contribution < -0.4 is 10.1 Å². The van der Waals surface area contributed by atoms with Crippen molar-refractivity contribution in [2.45, 2.75) is 52.4 Å².